The third kappa shape index (κ3) is 4.16. The van der Waals surface area contributed by atoms with Gasteiger partial charge < -0.3 is 15.2 Å². The highest BCUT2D eigenvalue weighted by molar-refractivity contribution is 5.89. The number of hydrogen-bond donors (Lipinski definition) is 1. The average molecular weight is 354 g/mol. The second kappa shape index (κ2) is 8.23. The molecule has 0 aliphatic rings. The molecule has 26 heavy (non-hydrogen) atoms. The van der Waals surface area contributed by atoms with Gasteiger partial charge in [0, 0.05) is 24.8 Å². The maximum Gasteiger partial charge on any atom is 0.226 e. The highest BCUT2D eigenvalue weighted by atomic mass is 16.5. The fourth-order valence-corrected chi connectivity index (χ4v) is 2.88. The van der Waals surface area contributed by atoms with E-state index < -0.39 is 0 Å². The van der Waals surface area contributed by atoms with Crippen molar-refractivity contribution >= 4 is 16.7 Å². The van der Waals surface area contributed by atoms with Crippen molar-refractivity contribution in [1.29, 1.82) is 0 Å². The summed E-state index contributed by atoms with van der Waals surface area (Å²) in [4.78, 5) is 16.0. The van der Waals surface area contributed by atoms with E-state index >= 15 is 0 Å². The van der Waals surface area contributed by atoms with Gasteiger partial charge in [-0.15, -0.1) is 0 Å². The Morgan fingerprint density at radius 1 is 1.12 bits per heavy atom. The second-order valence-corrected chi connectivity index (χ2v) is 6.74. The van der Waals surface area contributed by atoms with Crippen molar-refractivity contribution in [2.24, 2.45) is 11.7 Å². The first-order valence-electron chi connectivity index (χ1n) is 9.12. The van der Waals surface area contributed by atoms with Crippen LogP contribution >= 0.6 is 0 Å². The molecule has 0 atom stereocenters. The van der Waals surface area contributed by atoms with Crippen molar-refractivity contribution in [3.8, 4) is 0 Å². The predicted octanol–water partition coefficient (Wildman–Crippen LogP) is 2.74. The van der Waals surface area contributed by atoms with Crippen LogP contribution in [-0.2, 0) is 19.4 Å². The van der Waals surface area contributed by atoms with Crippen LogP contribution in [0, 0.1) is 5.92 Å². The Bertz CT molecular complexity index is 860. The lowest BCUT2D eigenvalue weighted by molar-refractivity contribution is 0.358. The normalized spacial score (nSPS) is 11.4. The Kier molecular flexibility index (Phi) is 5.78. The summed E-state index contributed by atoms with van der Waals surface area (Å²) >= 11 is 0. The van der Waals surface area contributed by atoms with E-state index in [-0.39, 0.29) is 0 Å². The Balaban J connectivity index is 1.92. The van der Waals surface area contributed by atoms with E-state index in [0.29, 0.717) is 37.1 Å². The van der Waals surface area contributed by atoms with Crippen LogP contribution in [-0.4, -0.2) is 33.2 Å². The first kappa shape index (κ1) is 18.3. The Morgan fingerprint density at radius 2 is 1.92 bits per heavy atom. The molecule has 2 N–H and O–H groups in total. The van der Waals surface area contributed by atoms with E-state index in [1.54, 1.807) is 0 Å². The minimum atomic E-state index is 0.482. The molecule has 0 saturated heterocycles. The Hall–Kier alpha value is -2.54. The lowest BCUT2D eigenvalue weighted by Gasteiger charge is -2.22. The van der Waals surface area contributed by atoms with E-state index in [4.69, 9.17) is 15.2 Å². The van der Waals surface area contributed by atoms with E-state index in [0.717, 1.165) is 35.5 Å². The van der Waals surface area contributed by atoms with Gasteiger partial charge >= 0.3 is 0 Å². The number of rotatable bonds is 8. The summed E-state index contributed by atoms with van der Waals surface area (Å²) in [5.74, 6) is 3.48. The Labute approximate surface area is 153 Å². The van der Waals surface area contributed by atoms with Gasteiger partial charge in [-0.25, -0.2) is 9.97 Å². The number of benzene rings is 1. The van der Waals surface area contributed by atoms with Crippen LogP contribution in [0.3, 0.4) is 0 Å². The van der Waals surface area contributed by atoms with E-state index in [1.807, 2.05) is 24.3 Å². The zero-order valence-electron chi connectivity index (χ0n) is 15.6. The van der Waals surface area contributed by atoms with Gasteiger partial charge in [0.1, 0.15) is 11.6 Å². The smallest absolute Gasteiger partial charge is 0.226 e. The number of nitrogens with two attached hydrogens (primary N) is 1. The largest absolute Gasteiger partial charge is 0.349 e. The summed E-state index contributed by atoms with van der Waals surface area (Å²) in [5.41, 5.74) is 6.63. The molecule has 0 bridgehead atoms. The van der Waals surface area contributed by atoms with Crippen molar-refractivity contribution in [3.63, 3.8) is 0 Å². The molecule has 0 aliphatic heterocycles. The fourth-order valence-electron chi connectivity index (χ4n) is 2.88. The van der Waals surface area contributed by atoms with Crippen LogP contribution < -0.4 is 10.6 Å². The molecule has 3 rings (SSSR count). The van der Waals surface area contributed by atoms with Gasteiger partial charge in [0.2, 0.25) is 5.89 Å². The van der Waals surface area contributed by atoms with E-state index in [9.17, 15) is 0 Å². The molecular formula is C19H26N6O. The van der Waals surface area contributed by atoms with Crippen molar-refractivity contribution in [2.45, 2.75) is 40.2 Å². The fraction of sp³-hybridized carbons (Fsp3) is 0.474. The van der Waals surface area contributed by atoms with Crippen molar-refractivity contribution in [2.75, 3.05) is 18.0 Å². The number of aromatic nitrogens is 4. The number of hydrogen-bond acceptors (Lipinski definition) is 7. The quantitative estimate of drug-likeness (QED) is 0.664. The monoisotopic (exact) mass is 354 g/mol. The molecule has 2 aromatic heterocycles. The highest BCUT2D eigenvalue weighted by Gasteiger charge is 2.17. The summed E-state index contributed by atoms with van der Waals surface area (Å²) in [6.45, 7) is 8.20. The molecule has 3 aromatic rings. The molecule has 0 saturated carbocycles. The number of fused-ring (bicyclic) bond motifs is 1. The Morgan fingerprint density at radius 3 is 2.65 bits per heavy atom. The molecule has 0 aliphatic carbocycles. The zero-order chi connectivity index (χ0) is 18.5. The van der Waals surface area contributed by atoms with Gasteiger partial charge in [-0.05, 0) is 31.5 Å². The maximum absolute atomic E-state index is 5.70. The third-order valence-electron chi connectivity index (χ3n) is 4.10. The summed E-state index contributed by atoms with van der Waals surface area (Å²) < 4.78 is 5.37. The van der Waals surface area contributed by atoms with Gasteiger partial charge in [-0.3, -0.25) is 0 Å². The summed E-state index contributed by atoms with van der Waals surface area (Å²) in [5, 5.41) is 5.14. The highest BCUT2D eigenvalue weighted by Crippen LogP contribution is 2.25. The molecule has 0 radical (unpaired) electrons. The van der Waals surface area contributed by atoms with Crippen LogP contribution in [0.25, 0.3) is 10.9 Å². The van der Waals surface area contributed by atoms with Crippen molar-refractivity contribution in [3.05, 3.63) is 41.8 Å². The lowest BCUT2D eigenvalue weighted by Crippen LogP contribution is -2.25. The number of para-hydroxylation sites is 1. The maximum atomic E-state index is 5.70. The summed E-state index contributed by atoms with van der Waals surface area (Å²) in [6.07, 6.45) is 1.44. The second-order valence-electron chi connectivity index (χ2n) is 6.74. The summed E-state index contributed by atoms with van der Waals surface area (Å²) in [6, 6.07) is 8.03. The third-order valence-corrected chi connectivity index (χ3v) is 4.10. The van der Waals surface area contributed by atoms with Crippen molar-refractivity contribution in [1.82, 2.24) is 20.1 Å². The molecule has 0 spiro atoms. The van der Waals surface area contributed by atoms with E-state index in [2.05, 4.69) is 40.8 Å². The van der Waals surface area contributed by atoms with Crippen LogP contribution in [0.15, 0.2) is 28.8 Å². The molecule has 0 fully saturated rings. The summed E-state index contributed by atoms with van der Waals surface area (Å²) in [7, 11) is 0. The minimum Gasteiger partial charge on any atom is -0.349 e. The van der Waals surface area contributed by atoms with Gasteiger partial charge in [0.25, 0.3) is 0 Å². The van der Waals surface area contributed by atoms with Gasteiger partial charge in [0.15, 0.2) is 5.82 Å². The molecule has 7 nitrogen and oxygen atoms in total. The zero-order valence-corrected chi connectivity index (χ0v) is 15.6. The van der Waals surface area contributed by atoms with Crippen LogP contribution in [0.4, 0.5) is 5.82 Å². The molecule has 2 heterocycles. The minimum absolute atomic E-state index is 0.482. The lowest BCUT2D eigenvalue weighted by atomic mass is 10.1. The molecule has 138 valence electrons. The molecule has 0 amide bonds. The first-order valence-corrected chi connectivity index (χ1v) is 9.12. The molecule has 0 unspecified atom stereocenters. The first-order chi connectivity index (χ1) is 12.6. The molecule has 7 heteroatoms. The van der Waals surface area contributed by atoms with E-state index in [1.165, 1.54) is 0 Å². The molecule has 1 aromatic carbocycles. The standard InChI is InChI=1S/C19H26N6O/c1-4-25(12-17-22-18(26-24-17)11-13(2)3)19-14-7-5-6-8-15(14)21-16(23-19)9-10-20/h5-8,13H,4,9-12,20H2,1-3H3. The molecular weight excluding hydrogens is 328 g/mol. The number of nitrogens with zero attached hydrogens (tertiary/aromatic N) is 5. The SMILES string of the molecule is CCN(Cc1noc(CC(C)C)n1)c1nc(CCN)nc2ccccc12. The van der Waals surface area contributed by atoms with Crippen LogP contribution in [0.1, 0.15) is 38.3 Å². The van der Waals surface area contributed by atoms with Gasteiger partial charge in [0.05, 0.1) is 12.1 Å². The van der Waals surface area contributed by atoms with Gasteiger partial charge in [-0.1, -0.05) is 31.1 Å². The average Bonchev–Trinajstić information content (AvgIpc) is 3.05. The van der Waals surface area contributed by atoms with Crippen molar-refractivity contribution < 1.29 is 4.52 Å². The topological polar surface area (TPSA) is 94.0 Å². The van der Waals surface area contributed by atoms with Crippen LogP contribution in [0.2, 0.25) is 0 Å². The van der Waals surface area contributed by atoms with Crippen LogP contribution in [0.5, 0.6) is 0 Å². The predicted molar refractivity (Wildman–Crippen MR) is 102 cm³/mol. The van der Waals surface area contributed by atoms with Gasteiger partial charge in [-0.2, -0.15) is 4.98 Å². The number of anilines is 1.